The normalized spacial score (nSPS) is 15.7. The summed E-state index contributed by atoms with van der Waals surface area (Å²) in [7, 11) is 0. The molecule has 2 aliphatic heterocycles. The molecule has 2 fully saturated rings. The van der Waals surface area contributed by atoms with Gasteiger partial charge in [0, 0.05) is 53.2 Å². The minimum Gasteiger partial charge on any atom is -0.488 e. The maximum Gasteiger partial charge on any atom is 0.310 e. The van der Waals surface area contributed by atoms with E-state index in [4.69, 9.17) is 63.1 Å². The van der Waals surface area contributed by atoms with Crippen molar-refractivity contribution in [2.45, 2.75) is 64.6 Å². The van der Waals surface area contributed by atoms with Crippen molar-refractivity contribution in [3.63, 3.8) is 0 Å². The van der Waals surface area contributed by atoms with E-state index in [1.54, 1.807) is 44.2 Å². The number of rotatable bonds is 14. The molecule has 4 aromatic carbocycles. The SMILES string of the molecule is CCOC(=O)Cc1ccc(CC(=O)Cc2cccc(OC3CCOC3)c2)cc1Cl.CCOC(=O)Cc1ccc(N)cc1Cl.Nc1cccc(OC2CCOC2)c1. The standard InChI is InChI=1S/C23H25ClO5.C10H12ClNO2.C10H13NO2/c1-2-28-23(26)14-18-7-6-17(13-22(18)24)11-19(25)10-16-4-3-5-20(12-16)29-21-8-9-27-15-21;1-2-14-10(13)5-7-3-4-8(12)6-9(7)11;11-8-2-1-3-9(6-8)13-10-4-5-12-7-10/h3-7,12-13,21H,2,8-11,14-15H2,1H3;3-4,6H,2,5,12H2,1H3;1-3,6,10H,4-5,7,11H2. The maximum absolute atomic E-state index is 12.5. The Morgan fingerprint density at radius 1 is 0.625 bits per heavy atom. The summed E-state index contributed by atoms with van der Waals surface area (Å²) in [6.07, 6.45) is 3.04. The summed E-state index contributed by atoms with van der Waals surface area (Å²) in [6.45, 7) is 7.07. The van der Waals surface area contributed by atoms with Gasteiger partial charge in [0.15, 0.2) is 0 Å². The molecule has 2 heterocycles. The third kappa shape index (κ3) is 15.7. The zero-order valence-corrected chi connectivity index (χ0v) is 33.3. The number of ketones is 1. The molecule has 2 saturated heterocycles. The molecule has 4 N–H and O–H groups in total. The van der Waals surface area contributed by atoms with Gasteiger partial charge in [0.05, 0.1) is 52.5 Å². The lowest BCUT2D eigenvalue weighted by Crippen LogP contribution is -2.15. The van der Waals surface area contributed by atoms with Gasteiger partial charge in [0.1, 0.15) is 29.5 Å². The number of halogens is 2. The zero-order chi connectivity index (χ0) is 40.3. The highest BCUT2D eigenvalue weighted by atomic mass is 35.5. The van der Waals surface area contributed by atoms with Crippen molar-refractivity contribution in [3.05, 3.63) is 117 Å². The third-order valence-corrected chi connectivity index (χ3v) is 9.12. The Bertz CT molecular complexity index is 1880. The van der Waals surface area contributed by atoms with E-state index in [1.165, 1.54) is 0 Å². The molecule has 2 unspecified atom stereocenters. The molecule has 6 rings (SSSR count). The molecule has 2 atom stereocenters. The summed E-state index contributed by atoms with van der Waals surface area (Å²) in [6, 6.07) is 25.5. The molecule has 0 aliphatic carbocycles. The number of hydrogen-bond donors (Lipinski definition) is 2. The van der Waals surface area contributed by atoms with E-state index in [9.17, 15) is 14.4 Å². The van der Waals surface area contributed by atoms with Gasteiger partial charge >= 0.3 is 11.9 Å². The average Bonchev–Trinajstić information content (AvgIpc) is 3.87. The smallest absolute Gasteiger partial charge is 0.310 e. The lowest BCUT2D eigenvalue weighted by Gasteiger charge is -2.12. The summed E-state index contributed by atoms with van der Waals surface area (Å²) in [5, 5.41) is 0.968. The summed E-state index contributed by atoms with van der Waals surface area (Å²) in [5.74, 6) is 1.08. The van der Waals surface area contributed by atoms with E-state index in [-0.39, 0.29) is 49.2 Å². The molecule has 0 saturated carbocycles. The van der Waals surface area contributed by atoms with Gasteiger partial charge in [-0.05, 0) is 78.6 Å². The van der Waals surface area contributed by atoms with Crippen molar-refractivity contribution in [1.29, 1.82) is 0 Å². The molecule has 0 spiro atoms. The van der Waals surface area contributed by atoms with Gasteiger partial charge in [-0.2, -0.15) is 0 Å². The molecule has 56 heavy (non-hydrogen) atoms. The number of ether oxygens (including phenoxy) is 6. The van der Waals surface area contributed by atoms with Crippen LogP contribution < -0.4 is 20.9 Å². The van der Waals surface area contributed by atoms with Crippen LogP contribution in [0.2, 0.25) is 10.0 Å². The van der Waals surface area contributed by atoms with Crippen molar-refractivity contribution in [2.24, 2.45) is 0 Å². The van der Waals surface area contributed by atoms with Gasteiger partial charge in [0.2, 0.25) is 0 Å². The molecule has 13 heteroatoms. The first-order valence-corrected chi connectivity index (χ1v) is 19.3. The number of carbonyl (C=O) groups is 3. The second-order valence-electron chi connectivity index (χ2n) is 13.1. The number of Topliss-reactive ketones (excluding diaryl/α,β-unsaturated/α-hetero) is 1. The third-order valence-electron chi connectivity index (χ3n) is 8.42. The van der Waals surface area contributed by atoms with Crippen molar-refractivity contribution in [1.82, 2.24) is 0 Å². The van der Waals surface area contributed by atoms with E-state index >= 15 is 0 Å². The zero-order valence-electron chi connectivity index (χ0n) is 31.8. The predicted molar refractivity (Wildman–Crippen MR) is 217 cm³/mol. The van der Waals surface area contributed by atoms with Crippen LogP contribution in [0.4, 0.5) is 11.4 Å². The van der Waals surface area contributed by atoms with E-state index < -0.39 is 0 Å². The van der Waals surface area contributed by atoms with Gasteiger partial charge in [-0.1, -0.05) is 59.6 Å². The van der Waals surface area contributed by atoms with Crippen LogP contribution in [0.5, 0.6) is 11.5 Å². The van der Waals surface area contributed by atoms with Crippen molar-refractivity contribution in [3.8, 4) is 11.5 Å². The minimum absolute atomic E-state index is 0.0798. The Morgan fingerprint density at radius 3 is 1.62 bits per heavy atom. The largest absolute Gasteiger partial charge is 0.488 e. The highest BCUT2D eigenvalue weighted by Crippen LogP contribution is 2.23. The lowest BCUT2D eigenvalue weighted by molar-refractivity contribution is -0.143. The van der Waals surface area contributed by atoms with Gasteiger partial charge in [-0.25, -0.2) is 0 Å². The van der Waals surface area contributed by atoms with Crippen molar-refractivity contribution < 1.29 is 42.8 Å². The number of benzene rings is 4. The Morgan fingerprint density at radius 2 is 1.12 bits per heavy atom. The fraction of sp³-hybridized carbons (Fsp3) is 0.372. The first kappa shape index (κ1) is 43.9. The molecule has 2 aliphatic rings. The van der Waals surface area contributed by atoms with Crippen LogP contribution in [0.3, 0.4) is 0 Å². The Balaban J connectivity index is 0.000000213. The number of carbonyl (C=O) groups excluding carboxylic acids is 3. The fourth-order valence-corrected chi connectivity index (χ4v) is 6.24. The molecule has 0 aromatic heterocycles. The van der Waals surface area contributed by atoms with Crippen LogP contribution in [-0.4, -0.2) is 69.6 Å². The molecular weight excluding hydrogens is 759 g/mol. The van der Waals surface area contributed by atoms with E-state index in [0.29, 0.717) is 54.1 Å². The molecule has 0 amide bonds. The number of nitrogen functional groups attached to an aromatic ring is 2. The summed E-state index contributed by atoms with van der Waals surface area (Å²) >= 11 is 12.2. The average molecular weight is 810 g/mol. The highest BCUT2D eigenvalue weighted by Gasteiger charge is 2.18. The first-order chi connectivity index (χ1) is 27.0. The van der Waals surface area contributed by atoms with Gasteiger partial charge in [-0.3, -0.25) is 14.4 Å². The second-order valence-corrected chi connectivity index (χ2v) is 13.9. The molecular formula is C43H50Cl2N2O9. The summed E-state index contributed by atoms with van der Waals surface area (Å²) in [5.41, 5.74) is 15.6. The van der Waals surface area contributed by atoms with Crippen LogP contribution in [0.1, 0.15) is 48.9 Å². The fourth-order valence-electron chi connectivity index (χ4n) is 5.72. The molecule has 300 valence electrons. The van der Waals surface area contributed by atoms with Gasteiger partial charge < -0.3 is 39.9 Å². The van der Waals surface area contributed by atoms with Crippen LogP contribution in [0, 0.1) is 0 Å². The molecule has 4 aromatic rings. The van der Waals surface area contributed by atoms with Crippen LogP contribution >= 0.6 is 23.2 Å². The maximum atomic E-state index is 12.5. The van der Waals surface area contributed by atoms with Gasteiger partial charge in [-0.15, -0.1) is 0 Å². The van der Waals surface area contributed by atoms with Crippen LogP contribution in [-0.2, 0) is 59.0 Å². The van der Waals surface area contributed by atoms with Gasteiger partial charge in [0.25, 0.3) is 0 Å². The monoisotopic (exact) mass is 808 g/mol. The van der Waals surface area contributed by atoms with Crippen LogP contribution in [0.15, 0.2) is 84.9 Å². The summed E-state index contributed by atoms with van der Waals surface area (Å²) < 4.78 is 31.8. The molecule has 0 radical (unpaired) electrons. The predicted octanol–water partition coefficient (Wildman–Crippen LogP) is 7.43. The van der Waals surface area contributed by atoms with E-state index in [1.807, 2.05) is 54.6 Å². The minimum atomic E-state index is -0.315. The van der Waals surface area contributed by atoms with E-state index in [2.05, 4.69) is 0 Å². The Hall–Kier alpha value is -4.81. The van der Waals surface area contributed by atoms with Crippen molar-refractivity contribution in [2.75, 3.05) is 51.1 Å². The number of hydrogen-bond acceptors (Lipinski definition) is 11. The number of anilines is 2. The summed E-state index contributed by atoms with van der Waals surface area (Å²) in [4.78, 5) is 35.3. The number of nitrogens with two attached hydrogens (primary N) is 2. The highest BCUT2D eigenvalue weighted by molar-refractivity contribution is 6.32. The first-order valence-electron chi connectivity index (χ1n) is 18.6. The quantitative estimate of drug-likeness (QED) is 0.0964. The Labute approximate surface area is 338 Å². The number of esters is 2. The van der Waals surface area contributed by atoms with E-state index in [0.717, 1.165) is 59.9 Å². The Kier molecular flexibility index (Phi) is 18.3. The van der Waals surface area contributed by atoms with Crippen LogP contribution in [0.25, 0.3) is 0 Å². The van der Waals surface area contributed by atoms with Crippen molar-refractivity contribution >= 4 is 52.3 Å². The topological polar surface area (TPSA) is 159 Å². The molecule has 11 nitrogen and oxygen atoms in total. The lowest BCUT2D eigenvalue weighted by atomic mass is 10.0. The second kappa shape index (κ2) is 23.3. The molecule has 0 bridgehead atoms.